The number of ketones is 2. The highest BCUT2D eigenvalue weighted by Crippen LogP contribution is 2.45. The number of nitrogens with zero attached hydrogens (tertiary/aromatic N) is 3. The van der Waals surface area contributed by atoms with Crippen molar-refractivity contribution < 1.29 is 51.6 Å². The molecular weight excluding hydrogens is 1470 g/mol. The van der Waals surface area contributed by atoms with Crippen molar-refractivity contribution in [1.29, 1.82) is 0 Å². The van der Waals surface area contributed by atoms with Crippen LogP contribution >= 0.6 is 23.1 Å². The third-order valence-electron chi connectivity index (χ3n) is 18.2. The fourth-order valence-electron chi connectivity index (χ4n) is 13.7. The molecule has 0 radical (unpaired) electrons. The molecule has 5 aliphatic heterocycles. The van der Waals surface area contributed by atoms with Crippen LogP contribution in [-0.2, 0) is 48.1 Å². The Balaban J connectivity index is 0.000000190. The van der Waals surface area contributed by atoms with Crippen LogP contribution in [0.3, 0.4) is 0 Å². The van der Waals surface area contributed by atoms with E-state index in [1.807, 2.05) is 66.8 Å². The summed E-state index contributed by atoms with van der Waals surface area (Å²) in [4.78, 5) is 55.2. The van der Waals surface area contributed by atoms with E-state index in [1.54, 1.807) is 48.2 Å². The number of rotatable bonds is 11. The van der Waals surface area contributed by atoms with E-state index in [2.05, 4.69) is 227 Å². The highest BCUT2D eigenvalue weighted by molar-refractivity contribution is 8.15. The predicted molar refractivity (Wildman–Crippen MR) is 471 cm³/mol. The Morgan fingerprint density at radius 3 is 1.48 bits per heavy atom. The summed E-state index contributed by atoms with van der Waals surface area (Å²) in [5.74, 6) is 3.31. The Kier molecular flexibility index (Phi) is 30.1. The first-order chi connectivity index (χ1) is 52.3. The number of carboxylic acid groups (broad SMARTS) is 1. The van der Waals surface area contributed by atoms with Gasteiger partial charge in [0.05, 0.1) is 34.2 Å². The van der Waals surface area contributed by atoms with Crippen molar-refractivity contribution in [3.05, 3.63) is 260 Å². The lowest BCUT2D eigenvalue weighted by Gasteiger charge is -2.32. The minimum atomic E-state index is -4.41. The number of fused-ring (bicyclic) bond motifs is 6. The van der Waals surface area contributed by atoms with Crippen LogP contribution in [0.1, 0.15) is 218 Å². The number of hydrogen-bond acceptors (Lipinski definition) is 12. The molecular formula is C97H120F3N4O8S2+. The zero-order valence-electron chi connectivity index (χ0n) is 70.1. The molecule has 1 aromatic heterocycles. The molecule has 6 aliphatic rings. The van der Waals surface area contributed by atoms with Gasteiger partial charge in [0.25, 0.3) is 5.69 Å². The number of aliphatic carboxylic acids is 1. The van der Waals surface area contributed by atoms with E-state index < -0.39 is 17.7 Å². The Morgan fingerprint density at radius 1 is 0.561 bits per heavy atom. The molecule has 13 rings (SSSR count). The van der Waals surface area contributed by atoms with Crippen molar-refractivity contribution in [2.75, 3.05) is 18.1 Å². The standard InChI is InChI=1S/C18H21NO.C17H20N2OS2.C17H20O3.C16H17F3O.C16H20O.C12H18NO.CH4/c1-18(2,3)11-12-8-9-16-14(10-12)17(20)13-6-4-5-7-15(13)19-16;1-10(20)13-9-21-15(19-13)16-18-12-6-5-11(7-14(12)22-16)8-17(2,3)4;1-11-7-13(9-16(18)19)14-6-5-12(8-15(14)20-11)10-17(2,3)4;1-10-7-13(16(17,18)19)12-6-5-11(8-14(12)20-10)9-15(2,3)4;1-11-8-12(2)17-15-9-13(6-7-14(11)15)10-16(3,4)5;1-12(2,3)9-10-5-7-11(8-6-10)13(4)14;/h4-10,13,15,19H,11H2,1-3H3;5-7,13H,8-9H2,1-4H3;5-8H,1,9-10H2,2-4H3,(H,18,19);5-8H,1,9H2,2-4H3;6-9H,2,10H2,1,3-5H3;5-8H,9H2,1-4H3;1H4/q;;;;;+1;/t;13-;;;;;/m.1...../s1. The molecule has 6 heterocycles. The van der Waals surface area contributed by atoms with E-state index in [1.165, 1.54) is 56.8 Å². The molecule has 0 amide bonds. The average molecular weight is 1590 g/mol. The maximum Gasteiger partial charge on any atom is 0.417 e. The molecule has 7 aromatic rings. The molecule has 3 atom stereocenters. The van der Waals surface area contributed by atoms with Gasteiger partial charge in [0.15, 0.2) is 18.6 Å². The molecule has 608 valence electrons. The normalized spacial score (nSPS) is 16.7. The van der Waals surface area contributed by atoms with Crippen LogP contribution < -0.4 is 19.5 Å². The largest absolute Gasteiger partial charge is 0.481 e. The van der Waals surface area contributed by atoms with Gasteiger partial charge in [-0.2, -0.15) is 13.2 Å². The lowest BCUT2D eigenvalue weighted by Crippen LogP contribution is -2.38. The van der Waals surface area contributed by atoms with Gasteiger partial charge in [-0.1, -0.05) is 237 Å². The lowest BCUT2D eigenvalue weighted by molar-refractivity contribution is -0.428. The van der Waals surface area contributed by atoms with Gasteiger partial charge in [-0.05, 0) is 190 Å². The zero-order chi connectivity index (χ0) is 83.7. The van der Waals surface area contributed by atoms with Crippen LogP contribution in [0.2, 0.25) is 0 Å². The second kappa shape index (κ2) is 37.4. The summed E-state index contributed by atoms with van der Waals surface area (Å²) < 4.78 is 57.7. The van der Waals surface area contributed by atoms with Crippen LogP contribution in [-0.4, -0.2) is 68.5 Å². The van der Waals surface area contributed by atoms with E-state index in [0.717, 1.165) is 110 Å². The topological polar surface area (TPSA) is 156 Å². The maximum atomic E-state index is 13.0. The first kappa shape index (κ1) is 91.7. The molecule has 2 unspecified atom stereocenters. The number of nitroso groups, excluding NO2 is 1. The van der Waals surface area contributed by atoms with Gasteiger partial charge in [0.1, 0.15) is 50.6 Å². The molecule has 1 aliphatic carbocycles. The van der Waals surface area contributed by atoms with Crippen LogP contribution in [0, 0.1) is 43.3 Å². The third kappa shape index (κ3) is 28.2. The van der Waals surface area contributed by atoms with Gasteiger partial charge in [-0.25, -0.2) is 4.98 Å². The number of hydrogen-bond donors (Lipinski definition) is 2. The van der Waals surface area contributed by atoms with E-state index >= 15 is 0 Å². The number of thioether (sulfide) groups is 1. The van der Waals surface area contributed by atoms with Gasteiger partial charge >= 0.3 is 12.1 Å². The van der Waals surface area contributed by atoms with Crippen LogP contribution in [0.5, 0.6) is 17.2 Å². The smallest absolute Gasteiger partial charge is 0.417 e. The zero-order valence-corrected chi connectivity index (χ0v) is 71.8. The first-order valence-corrected chi connectivity index (χ1v) is 40.4. The molecule has 6 aromatic carbocycles. The van der Waals surface area contributed by atoms with Crippen molar-refractivity contribution in [2.24, 2.45) is 43.4 Å². The van der Waals surface area contributed by atoms with Crippen LogP contribution in [0.25, 0.3) is 26.9 Å². The fraction of sp³-hybridized carbons (Fsp3) is 0.412. The predicted octanol–water partition coefficient (Wildman–Crippen LogP) is 26.0. The Morgan fingerprint density at radius 2 is 0.991 bits per heavy atom. The monoisotopic (exact) mass is 1590 g/mol. The van der Waals surface area contributed by atoms with Gasteiger partial charge in [0.2, 0.25) is 0 Å². The molecule has 0 spiro atoms. The minimum absolute atomic E-state index is 0. The number of nitrogens with one attached hydrogen (secondary N) is 1. The molecule has 2 N–H and O–H groups in total. The molecule has 12 nitrogen and oxygen atoms in total. The molecule has 0 fully saturated rings. The lowest BCUT2D eigenvalue weighted by atomic mass is 9.81. The number of aliphatic imine (C=N–C) groups is 1. The highest BCUT2D eigenvalue weighted by atomic mass is 32.2. The second-order valence-corrected chi connectivity index (χ2v) is 39.4. The summed E-state index contributed by atoms with van der Waals surface area (Å²) in [6.07, 6.45) is 14.0. The number of ether oxygens (including phenoxy) is 3. The summed E-state index contributed by atoms with van der Waals surface area (Å²) in [5, 5.41) is 14.3. The number of alkyl halides is 3. The van der Waals surface area contributed by atoms with Crippen molar-refractivity contribution in [2.45, 2.75) is 209 Å². The summed E-state index contributed by atoms with van der Waals surface area (Å²) in [6.45, 7) is 54.4. The number of thiazole rings is 1. The molecule has 0 saturated carbocycles. The molecule has 0 bridgehead atoms. The van der Waals surface area contributed by atoms with Crippen molar-refractivity contribution in [3.63, 3.8) is 0 Å². The van der Waals surface area contributed by atoms with Crippen molar-refractivity contribution in [3.8, 4) is 17.2 Å². The fourth-order valence-corrected chi connectivity index (χ4v) is 16.0. The number of aromatic nitrogens is 1. The number of allylic oxidation sites excluding steroid dienone is 7. The third-order valence-corrected chi connectivity index (χ3v) is 20.4. The minimum Gasteiger partial charge on any atom is -0.481 e. The maximum absolute atomic E-state index is 13.0. The van der Waals surface area contributed by atoms with Crippen LogP contribution in [0.4, 0.5) is 24.5 Å². The summed E-state index contributed by atoms with van der Waals surface area (Å²) in [5.41, 5.74) is 15.6. The summed E-state index contributed by atoms with van der Waals surface area (Å²) in [6, 6.07) is 37.8. The number of carboxylic acids is 1. The quantitative estimate of drug-likeness (QED) is 0.119. The Hall–Kier alpha value is -9.45. The molecule has 17 heteroatoms. The molecule has 114 heavy (non-hydrogen) atoms. The van der Waals surface area contributed by atoms with Crippen molar-refractivity contribution >= 4 is 84.0 Å². The number of anilines is 1. The summed E-state index contributed by atoms with van der Waals surface area (Å²) in [7, 11) is 1.51. The van der Waals surface area contributed by atoms with Crippen LogP contribution in [0.15, 0.2) is 200 Å². The van der Waals surface area contributed by atoms with Gasteiger partial charge in [-0.3, -0.25) is 19.4 Å². The van der Waals surface area contributed by atoms with E-state index in [4.69, 9.17) is 19.3 Å². The first-order valence-electron chi connectivity index (χ1n) is 38.6. The Bertz CT molecular complexity index is 4920. The summed E-state index contributed by atoms with van der Waals surface area (Å²) >= 11 is 3.31. The van der Waals surface area contributed by atoms with E-state index in [-0.39, 0.29) is 82.1 Å². The number of carbonyl (C=O) groups is 3. The number of halogens is 3. The van der Waals surface area contributed by atoms with E-state index in [9.17, 15) is 32.5 Å². The average Bonchev–Trinajstić information content (AvgIpc) is 0.884. The number of Topliss-reactive ketones (excluding diaryl/α,β-unsaturated/α-hetero) is 2. The molecule has 0 saturated heterocycles. The number of carbonyl (C=O) groups excluding carboxylic acids is 2. The van der Waals surface area contributed by atoms with Gasteiger partial charge in [0, 0.05) is 55.5 Å². The highest BCUT2D eigenvalue weighted by Gasteiger charge is 2.39. The Labute approximate surface area is 684 Å². The SMILES string of the molecule is C.C=C1C=C(C(F)(F)F)c2ccc(CC(C)(C)C)cc2O1.C=C1C=C(C)c2ccc(CC(C)(C)C)cc2O1.C=C1C=C(CC(=O)O)c2ccc(CC(C)(C)C)cc2O1.CC(=O)[C@H]1CSC(c2nc3ccc(CC(C)(C)C)cc3s2)=N1.CC(C)(C)Cc1ccc2c(c1)C(=O)C1C=CC=CC1N2.C[N+](=O)c1ccc(CC(C)(C)C)cc1. The number of benzene rings is 6. The van der Waals surface area contributed by atoms with Gasteiger partial charge < -0.3 is 24.6 Å². The second-order valence-electron chi connectivity index (χ2n) is 37.3. The van der Waals surface area contributed by atoms with Crippen molar-refractivity contribution in [1.82, 2.24) is 4.98 Å². The van der Waals surface area contributed by atoms with Gasteiger partial charge in [-0.15, -0.1) is 23.1 Å². The van der Waals surface area contributed by atoms with E-state index in [0.29, 0.717) is 28.0 Å².